The van der Waals surface area contributed by atoms with Gasteiger partial charge in [-0.2, -0.15) is 0 Å². The van der Waals surface area contributed by atoms with Crippen LogP contribution in [0.4, 0.5) is 5.69 Å². The van der Waals surface area contributed by atoms with Gasteiger partial charge in [-0.3, -0.25) is 0 Å². The zero-order chi connectivity index (χ0) is 10.1. The Morgan fingerprint density at radius 2 is 2.29 bits per heavy atom. The monoisotopic (exact) mass is 209 g/mol. The van der Waals surface area contributed by atoms with Crippen LogP contribution in [-0.2, 0) is 0 Å². The number of hydrogen-bond acceptors (Lipinski definition) is 4. The molecule has 2 rings (SSSR count). The third-order valence-corrected chi connectivity index (χ3v) is 2.89. The first-order valence-corrected chi connectivity index (χ1v) is 5.17. The molecule has 0 saturated carbocycles. The Morgan fingerprint density at radius 1 is 1.50 bits per heavy atom. The highest BCUT2D eigenvalue weighted by Crippen LogP contribution is 2.43. The Balaban J connectivity index is 2.66. The molecule has 1 heterocycles. The van der Waals surface area contributed by atoms with E-state index >= 15 is 0 Å². The Hall–Kier alpha value is -1.42. The standard InChI is InChI=1S/C10H11NO2S/c1-2-13-9-7-5-6(11)3-4-8(7)14-10(9)12/h3-5,12H,2,11H2,1H3. The smallest absolute Gasteiger partial charge is 0.215 e. The summed E-state index contributed by atoms with van der Waals surface area (Å²) in [6.45, 7) is 2.42. The fraction of sp³-hybridized carbons (Fsp3) is 0.200. The third kappa shape index (κ3) is 1.37. The molecule has 3 N–H and O–H groups in total. The van der Waals surface area contributed by atoms with E-state index in [0.717, 1.165) is 10.1 Å². The molecule has 0 aliphatic heterocycles. The Labute approximate surface area is 85.7 Å². The quantitative estimate of drug-likeness (QED) is 0.747. The molecule has 3 nitrogen and oxygen atoms in total. The van der Waals surface area contributed by atoms with E-state index < -0.39 is 0 Å². The van der Waals surface area contributed by atoms with Crippen LogP contribution in [0.1, 0.15) is 6.92 Å². The molecule has 0 fully saturated rings. The van der Waals surface area contributed by atoms with Gasteiger partial charge in [-0.15, -0.1) is 0 Å². The van der Waals surface area contributed by atoms with Gasteiger partial charge in [0, 0.05) is 15.8 Å². The second-order valence-corrected chi connectivity index (χ2v) is 3.96. The lowest BCUT2D eigenvalue weighted by atomic mass is 10.2. The molecule has 0 saturated heterocycles. The van der Waals surface area contributed by atoms with Crippen LogP contribution in [0, 0.1) is 0 Å². The number of fused-ring (bicyclic) bond motifs is 1. The van der Waals surface area contributed by atoms with Crippen molar-refractivity contribution in [1.82, 2.24) is 0 Å². The van der Waals surface area contributed by atoms with E-state index in [4.69, 9.17) is 10.5 Å². The molecule has 2 aromatic rings. The summed E-state index contributed by atoms with van der Waals surface area (Å²) in [5.41, 5.74) is 6.34. The molecule has 0 radical (unpaired) electrons. The summed E-state index contributed by atoms with van der Waals surface area (Å²) in [6, 6.07) is 5.52. The molecule has 0 unspecified atom stereocenters. The summed E-state index contributed by atoms with van der Waals surface area (Å²) < 4.78 is 6.34. The zero-order valence-electron chi connectivity index (χ0n) is 7.78. The van der Waals surface area contributed by atoms with Gasteiger partial charge in [0.25, 0.3) is 0 Å². The van der Waals surface area contributed by atoms with Gasteiger partial charge < -0.3 is 15.6 Å². The minimum Gasteiger partial charge on any atom is -0.497 e. The molecule has 0 aliphatic carbocycles. The number of nitrogens with two attached hydrogens (primary N) is 1. The van der Waals surface area contributed by atoms with Crippen LogP contribution in [0.5, 0.6) is 10.8 Å². The van der Waals surface area contributed by atoms with Gasteiger partial charge in [-0.05, 0) is 25.1 Å². The van der Waals surface area contributed by atoms with Crippen LogP contribution < -0.4 is 10.5 Å². The van der Waals surface area contributed by atoms with Crippen molar-refractivity contribution in [3.8, 4) is 10.8 Å². The van der Waals surface area contributed by atoms with Crippen LogP contribution in [0.25, 0.3) is 10.1 Å². The van der Waals surface area contributed by atoms with E-state index in [-0.39, 0.29) is 5.06 Å². The third-order valence-electron chi connectivity index (χ3n) is 1.94. The predicted octanol–water partition coefficient (Wildman–Crippen LogP) is 2.59. The summed E-state index contributed by atoms with van der Waals surface area (Å²) in [5.74, 6) is 0.541. The maximum atomic E-state index is 9.61. The molecular formula is C10H11NO2S. The van der Waals surface area contributed by atoms with Gasteiger partial charge in [0.15, 0.2) is 5.75 Å². The van der Waals surface area contributed by atoms with Crippen LogP contribution in [0.15, 0.2) is 18.2 Å². The van der Waals surface area contributed by atoms with Crippen molar-refractivity contribution in [1.29, 1.82) is 0 Å². The lowest BCUT2D eigenvalue weighted by Crippen LogP contribution is -1.90. The first-order chi connectivity index (χ1) is 6.72. The predicted molar refractivity (Wildman–Crippen MR) is 59.1 cm³/mol. The van der Waals surface area contributed by atoms with E-state index in [1.54, 1.807) is 0 Å². The van der Waals surface area contributed by atoms with Crippen molar-refractivity contribution in [2.45, 2.75) is 6.92 Å². The summed E-state index contributed by atoms with van der Waals surface area (Å²) in [5, 5.41) is 10.7. The number of thiophene rings is 1. The molecule has 14 heavy (non-hydrogen) atoms. The van der Waals surface area contributed by atoms with Crippen LogP contribution in [0.3, 0.4) is 0 Å². The maximum Gasteiger partial charge on any atom is 0.215 e. The van der Waals surface area contributed by atoms with Gasteiger partial charge >= 0.3 is 0 Å². The lowest BCUT2D eigenvalue weighted by molar-refractivity contribution is 0.326. The Morgan fingerprint density at radius 3 is 3.00 bits per heavy atom. The molecular weight excluding hydrogens is 198 g/mol. The summed E-state index contributed by atoms with van der Waals surface area (Å²) in [4.78, 5) is 0. The molecule has 0 spiro atoms. The van der Waals surface area contributed by atoms with E-state index in [1.807, 2.05) is 25.1 Å². The largest absolute Gasteiger partial charge is 0.497 e. The Kier molecular flexibility index (Phi) is 2.21. The molecule has 74 valence electrons. The number of aromatic hydroxyl groups is 1. The van der Waals surface area contributed by atoms with Crippen molar-refractivity contribution < 1.29 is 9.84 Å². The highest BCUT2D eigenvalue weighted by atomic mass is 32.1. The maximum absolute atomic E-state index is 9.61. The molecule has 0 bridgehead atoms. The number of hydrogen-bond donors (Lipinski definition) is 2. The van der Waals surface area contributed by atoms with E-state index in [2.05, 4.69) is 0 Å². The second kappa shape index (κ2) is 3.38. The van der Waals surface area contributed by atoms with Crippen molar-refractivity contribution in [3.63, 3.8) is 0 Å². The highest BCUT2D eigenvalue weighted by molar-refractivity contribution is 7.21. The fourth-order valence-corrected chi connectivity index (χ4v) is 2.23. The molecule has 0 atom stereocenters. The van der Waals surface area contributed by atoms with Gasteiger partial charge in [0.2, 0.25) is 5.06 Å². The van der Waals surface area contributed by atoms with Crippen LogP contribution in [-0.4, -0.2) is 11.7 Å². The SMILES string of the molecule is CCOc1c(O)sc2ccc(N)cc12. The number of anilines is 1. The molecule has 1 aromatic heterocycles. The van der Waals surface area contributed by atoms with Crippen molar-refractivity contribution in [2.24, 2.45) is 0 Å². The average molecular weight is 209 g/mol. The van der Waals surface area contributed by atoms with E-state index in [0.29, 0.717) is 18.0 Å². The summed E-state index contributed by atoms with van der Waals surface area (Å²) in [6.07, 6.45) is 0. The number of benzene rings is 1. The topological polar surface area (TPSA) is 55.5 Å². The van der Waals surface area contributed by atoms with Gasteiger partial charge in [-0.1, -0.05) is 11.3 Å². The Bertz CT molecular complexity index is 464. The normalized spacial score (nSPS) is 10.6. The molecule has 0 aliphatic rings. The van der Waals surface area contributed by atoms with Crippen LogP contribution in [0.2, 0.25) is 0 Å². The second-order valence-electron chi connectivity index (χ2n) is 2.92. The molecule has 4 heteroatoms. The van der Waals surface area contributed by atoms with Gasteiger partial charge in [-0.25, -0.2) is 0 Å². The summed E-state index contributed by atoms with van der Waals surface area (Å²) in [7, 11) is 0. The van der Waals surface area contributed by atoms with E-state index in [1.165, 1.54) is 11.3 Å². The van der Waals surface area contributed by atoms with Gasteiger partial charge in [0.1, 0.15) is 0 Å². The van der Waals surface area contributed by atoms with Crippen molar-refractivity contribution in [2.75, 3.05) is 12.3 Å². The number of rotatable bonds is 2. The van der Waals surface area contributed by atoms with Gasteiger partial charge in [0.05, 0.1) is 6.61 Å². The highest BCUT2D eigenvalue weighted by Gasteiger charge is 2.12. The zero-order valence-corrected chi connectivity index (χ0v) is 8.60. The first-order valence-electron chi connectivity index (χ1n) is 4.36. The van der Waals surface area contributed by atoms with Crippen molar-refractivity contribution >= 4 is 27.1 Å². The average Bonchev–Trinajstić information content (AvgIpc) is 2.45. The minimum absolute atomic E-state index is 0.215. The number of ether oxygens (including phenoxy) is 1. The number of nitrogen functional groups attached to an aromatic ring is 1. The molecule has 1 aromatic carbocycles. The van der Waals surface area contributed by atoms with E-state index in [9.17, 15) is 5.11 Å². The lowest BCUT2D eigenvalue weighted by Gasteiger charge is -2.01. The summed E-state index contributed by atoms with van der Waals surface area (Å²) >= 11 is 1.30. The van der Waals surface area contributed by atoms with Crippen molar-refractivity contribution in [3.05, 3.63) is 18.2 Å². The first kappa shape index (κ1) is 9.15. The molecule has 0 amide bonds. The van der Waals surface area contributed by atoms with Crippen LogP contribution >= 0.6 is 11.3 Å². The fourth-order valence-electron chi connectivity index (χ4n) is 1.36. The minimum atomic E-state index is 0.215.